The van der Waals surface area contributed by atoms with Gasteiger partial charge in [-0.3, -0.25) is 4.79 Å². The molecule has 0 aromatic rings. The second-order valence-corrected chi connectivity index (χ2v) is 4.11. The summed E-state index contributed by atoms with van der Waals surface area (Å²) >= 11 is 0. The fraction of sp³-hybridized carbons (Fsp3) is 0.778. The SMILES string of the molecule is CC1C2CC3(C#N)C(=O)OC1C3O2. The second-order valence-electron chi connectivity index (χ2n) is 4.11. The molecule has 4 heteroatoms. The van der Waals surface area contributed by atoms with Gasteiger partial charge >= 0.3 is 5.97 Å². The maximum Gasteiger partial charge on any atom is 0.329 e. The summed E-state index contributed by atoms with van der Waals surface area (Å²) in [7, 11) is 0. The first-order valence-corrected chi connectivity index (χ1v) is 4.47. The molecule has 0 aromatic heterocycles. The molecule has 0 N–H and O–H groups in total. The Bertz CT molecular complexity index is 334. The van der Waals surface area contributed by atoms with Crippen LogP contribution in [0.25, 0.3) is 0 Å². The minimum absolute atomic E-state index is 0.0427. The van der Waals surface area contributed by atoms with Crippen LogP contribution in [-0.2, 0) is 14.3 Å². The molecule has 3 rings (SSSR count). The average molecular weight is 179 g/mol. The molecule has 3 aliphatic rings. The Hall–Kier alpha value is -1.08. The highest BCUT2D eigenvalue weighted by Gasteiger charge is 2.71. The fourth-order valence-electron chi connectivity index (χ4n) is 2.69. The van der Waals surface area contributed by atoms with Gasteiger partial charge in [-0.2, -0.15) is 5.26 Å². The van der Waals surface area contributed by atoms with Crippen LogP contribution < -0.4 is 0 Å². The molecule has 68 valence electrons. The van der Waals surface area contributed by atoms with Crippen LogP contribution in [0.4, 0.5) is 0 Å². The lowest BCUT2D eigenvalue weighted by Crippen LogP contribution is -2.38. The van der Waals surface area contributed by atoms with Crippen LogP contribution >= 0.6 is 0 Å². The molecule has 3 heterocycles. The Kier molecular flexibility index (Phi) is 1.06. The van der Waals surface area contributed by atoms with Crippen LogP contribution in [0.3, 0.4) is 0 Å². The van der Waals surface area contributed by atoms with Gasteiger partial charge in [-0.15, -0.1) is 0 Å². The van der Waals surface area contributed by atoms with Gasteiger partial charge in [0.15, 0.2) is 5.41 Å². The van der Waals surface area contributed by atoms with Gasteiger partial charge in [-0.1, -0.05) is 6.92 Å². The monoisotopic (exact) mass is 179 g/mol. The van der Waals surface area contributed by atoms with Crippen LogP contribution in [0.1, 0.15) is 13.3 Å². The van der Waals surface area contributed by atoms with Crippen molar-refractivity contribution in [3.05, 3.63) is 0 Å². The zero-order valence-corrected chi connectivity index (χ0v) is 7.19. The summed E-state index contributed by atoms with van der Waals surface area (Å²) in [6, 6.07) is 2.07. The number of hydrogen-bond donors (Lipinski definition) is 0. The topological polar surface area (TPSA) is 59.3 Å². The van der Waals surface area contributed by atoms with Crippen molar-refractivity contribution in [2.75, 3.05) is 0 Å². The Morgan fingerprint density at radius 3 is 3.08 bits per heavy atom. The highest BCUT2D eigenvalue weighted by atomic mass is 16.6. The number of carbonyl (C=O) groups is 1. The molecule has 3 saturated heterocycles. The van der Waals surface area contributed by atoms with E-state index < -0.39 is 5.41 Å². The van der Waals surface area contributed by atoms with Crippen molar-refractivity contribution in [2.24, 2.45) is 11.3 Å². The number of nitrogens with zero attached hydrogens (tertiary/aromatic N) is 1. The third kappa shape index (κ3) is 0.574. The van der Waals surface area contributed by atoms with E-state index in [0.717, 1.165) is 0 Å². The predicted molar refractivity (Wildman–Crippen MR) is 40.4 cm³/mol. The summed E-state index contributed by atoms with van der Waals surface area (Å²) in [5.74, 6) is -0.130. The molecule has 5 atom stereocenters. The number of rotatable bonds is 0. The number of carbonyl (C=O) groups excluding carboxylic acids is 1. The number of esters is 1. The molecule has 3 aliphatic heterocycles. The molecule has 0 radical (unpaired) electrons. The van der Waals surface area contributed by atoms with E-state index >= 15 is 0 Å². The first-order chi connectivity index (χ1) is 6.19. The quantitative estimate of drug-likeness (QED) is 0.499. The van der Waals surface area contributed by atoms with Gasteiger partial charge in [0, 0.05) is 12.3 Å². The predicted octanol–water partition coefficient (Wildman–Crippen LogP) is 0.229. The lowest BCUT2D eigenvalue weighted by molar-refractivity contribution is -0.146. The van der Waals surface area contributed by atoms with E-state index in [1.807, 2.05) is 6.92 Å². The van der Waals surface area contributed by atoms with Crippen molar-refractivity contribution in [3.63, 3.8) is 0 Å². The minimum Gasteiger partial charge on any atom is -0.458 e. The van der Waals surface area contributed by atoms with E-state index in [4.69, 9.17) is 14.7 Å². The number of hydrogen-bond acceptors (Lipinski definition) is 4. The Morgan fingerprint density at radius 2 is 2.46 bits per heavy atom. The van der Waals surface area contributed by atoms with Gasteiger partial charge in [0.25, 0.3) is 0 Å². The highest BCUT2D eigenvalue weighted by Crippen LogP contribution is 2.56. The van der Waals surface area contributed by atoms with Crippen molar-refractivity contribution in [1.29, 1.82) is 5.26 Å². The summed E-state index contributed by atoms with van der Waals surface area (Å²) < 4.78 is 10.7. The molecule has 0 aromatic carbocycles. The minimum atomic E-state index is -0.970. The lowest BCUT2D eigenvalue weighted by atomic mass is 9.73. The maximum absolute atomic E-state index is 11.5. The third-order valence-corrected chi connectivity index (χ3v) is 3.54. The van der Waals surface area contributed by atoms with Crippen molar-refractivity contribution in [2.45, 2.75) is 31.7 Å². The number of fused-ring (bicyclic) bond motifs is 1. The summed E-state index contributed by atoms with van der Waals surface area (Å²) in [5, 5.41) is 8.99. The number of ether oxygens (including phenoxy) is 2. The van der Waals surface area contributed by atoms with E-state index in [-0.39, 0.29) is 30.2 Å². The van der Waals surface area contributed by atoms with Crippen molar-refractivity contribution in [1.82, 2.24) is 0 Å². The summed E-state index contributed by atoms with van der Waals surface area (Å²) in [4.78, 5) is 11.5. The standard InChI is InChI=1S/C9H9NO3/c1-4-5-2-9(3-10)7(12-5)6(4)13-8(9)11/h4-7H,2H2,1H3. The Morgan fingerprint density at radius 1 is 1.69 bits per heavy atom. The van der Waals surface area contributed by atoms with E-state index in [2.05, 4.69) is 6.07 Å². The Labute approximate surface area is 75.4 Å². The molecule has 2 bridgehead atoms. The zero-order valence-electron chi connectivity index (χ0n) is 7.19. The van der Waals surface area contributed by atoms with E-state index in [1.165, 1.54) is 0 Å². The molecule has 0 amide bonds. The fourth-order valence-corrected chi connectivity index (χ4v) is 2.69. The Balaban J connectivity index is 2.12. The molecule has 0 saturated carbocycles. The highest BCUT2D eigenvalue weighted by molar-refractivity contribution is 5.84. The largest absolute Gasteiger partial charge is 0.458 e. The maximum atomic E-state index is 11.5. The summed E-state index contributed by atoms with van der Waals surface area (Å²) in [6.45, 7) is 2.01. The van der Waals surface area contributed by atoms with E-state index in [1.54, 1.807) is 0 Å². The number of nitriles is 1. The van der Waals surface area contributed by atoms with Crippen LogP contribution in [-0.4, -0.2) is 24.3 Å². The van der Waals surface area contributed by atoms with E-state index in [9.17, 15) is 4.79 Å². The van der Waals surface area contributed by atoms with Crippen molar-refractivity contribution >= 4 is 5.97 Å². The van der Waals surface area contributed by atoms with Gasteiger partial charge < -0.3 is 9.47 Å². The molecule has 13 heavy (non-hydrogen) atoms. The van der Waals surface area contributed by atoms with Gasteiger partial charge in [0.2, 0.25) is 0 Å². The molecular formula is C9H9NO3. The molecule has 4 nitrogen and oxygen atoms in total. The van der Waals surface area contributed by atoms with Crippen molar-refractivity contribution in [3.8, 4) is 6.07 Å². The van der Waals surface area contributed by atoms with Crippen LogP contribution in [0, 0.1) is 22.7 Å². The lowest BCUT2D eigenvalue weighted by Gasteiger charge is -2.20. The second kappa shape index (κ2) is 1.88. The van der Waals surface area contributed by atoms with Crippen LogP contribution in [0.15, 0.2) is 0 Å². The smallest absolute Gasteiger partial charge is 0.329 e. The first-order valence-electron chi connectivity index (χ1n) is 4.47. The van der Waals surface area contributed by atoms with Gasteiger partial charge in [0.1, 0.15) is 12.2 Å². The van der Waals surface area contributed by atoms with Crippen LogP contribution in [0.2, 0.25) is 0 Å². The molecule has 3 fully saturated rings. The van der Waals surface area contributed by atoms with Gasteiger partial charge in [-0.25, -0.2) is 0 Å². The zero-order chi connectivity index (χ0) is 9.22. The first kappa shape index (κ1) is 7.34. The summed E-state index contributed by atoms with van der Waals surface area (Å²) in [5.41, 5.74) is -0.970. The molecule has 0 aliphatic carbocycles. The van der Waals surface area contributed by atoms with E-state index in [0.29, 0.717) is 6.42 Å². The van der Waals surface area contributed by atoms with Crippen molar-refractivity contribution < 1.29 is 14.3 Å². The molecular weight excluding hydrogens is 170 g/mol. The molecule has 0 spiro atoms. The molecule has 5 unspecified atom stereocenters. The average Bonchev–Trinajstić information content (AvgIpc) is 2.68. The van der Waals surface area contributed by atoms with Gasteiger partial charge in [0.05, 0.1) is 12.2 Å². The van der Waals surface area contributed by atoms with Gasteiger partial charge in [-0.05, 0) is 0 Å². The summed E-state index contributed by atoms with van der Waals surface area (Å²) in [6.07, 6.45) is 0.0852. The van der Waals surface area contributed by atoms with Crippen LogP contribution in [0.5, 0.6) is 0 Å². The third-order valence-electron chi connectivity index (χ3n) is 3.54. The normalized spacial score (nSPS) is 56.5.